The summed E-state index contributed by atoms with van der Waals surface area (Å²) in [7, 11) is 1.73. The molecule has 0 bridgehead atoms. The average molecular weight is 277 g/mol. The minimum absolute atomic E-state index is 0.574. The molecule has 0 saturated heterocycles. The van der Waals surface area contributed by atoms with E-state index < -0.39 is 0 Å². The molecule has 1 N–H and O–H groups in total. The van der Waals surface area contributed by atoms with Crippen LogP contribution in [0.2, 0.25) is 0 Å². The van der Waals surface area contributed by atoms with Gasteiger partial charge < -0.3 is 14.8 Å². The topological polar surface area (TPSA) is 30.5 Å². The molecule has 2 rings (SSSR count). The normalized spacial score (nSPS) is 17.8. The van der Waals surface area contributed by atoms with Crippen LogP contribution in [0.25, 0.3) is 0 Å². The van der Waals surface area contributed by atoms with Gasteiger partial charge in [-0.2, -0.15) is 0 Å². The average Bonchev–Trinajstić information content (AvgIpc) is 2.50. The molecule has 0 aromatic heterocycles. The summed E-state index contributed by atoms with van der Waals surface area (Å²) in [5.74, 6) is 0.965. The van der Waals surface area contributed by atoms with Crippen LogP contribution in [0.15, 0.2) is 18.2 Å². The Bertz CT molecular complexity index is 406. The van der Waals surface area contributed by atoms with Crippen molar-refractivity contribution in [3.8, 4) is 5.75 Å². The zero-order valence-electron chi connectivity index (χ0n) is 12.8. The summed E-state index contributed by atoms with van der Waals surface area (Å²) in [5, 5.41) is 3.61. The lowest BCUT2D eigenvalue weighted by Crippen LogP contribution is -2.36. The standard InChI is InChI=1S/C17H27NO2/c1-3-4-10-20-11-9-18-16-7-5-14-6-8-17(19-2)13-15(14)12-16/h6,8,13,16,18H,3-5,7,9-12H2,1-2H3. The summed E-state index contributed by atoms with van der Waals surface area (Å²) in [6.07, 6.45) is 5.84. The molecule has 20 heavy (non-hydrogen) atoms. The Labute approximate surface area is 122 Å². The third-order valence-electron chi connectivity index (χ3n) is 3.96. The SMILES string of the molecule is CCCCOCCNC1CCc2ccc(OC)cc2C1. The maximum Gasteiger partial charge on any atom is 0.119 e. The van der Waals surface area contributed by atoms with Crippen molar-refractivity contribution in [1.29, 1.82) is 0 Å². The van der Waals surface area contributed by atoms with Crippen LogP contribution in [0.4, 0.5) is 0 Å². The number of methoxy groups -OCH3 is 1. The maximum atomic E-state index is 5.59. The van der Waals surface area contributed by atoms with Gasteiger partial charge in [0, 0.05) is 19.2 Å². The van der Waals surface area contributed by atoms with E-state index in [-0.39, 0.29) is 0 Å². The molecule has 1 aliphatic rings. The molecule has 1 unspecified atom stereocenters. The summed E-state index contributed by atoms with van der Waals surface area (Å²) in [6.45, 7) is 4.85. The lowest BCUT2D eigenvalue weighted by atomic mass is 9.88. The van der Waals surface area contributed by atoms with E-state index in [1.807, 2.05) is 0 Å². The number of hydrogen-bond donors (Lipinski definition) is 1. The van der Waals surface area contributed by atoms with Gasteiger partial charge in [0.2, 0.25) is 0 Å². The van der Waals surface area contributed by atoms with Gasteiger partial charge in [-0.15, -0.1) is 0 Å². The highest BCUT2D eigenvalue weighted by Gasteiger charge is 2.18. The number of aryl methyl sites for hydroxylation is 1. The smallest absolute Gasteiger partial charge is 0.119 e. The van der Waals surface area contributed by atoms with Crippen molar-refractivity contribution in [2.45, 2.75) is 45.1 Å². The Morgan fingerprint density at radius 3 is 2.95 bits per heavy atom. The van der Waals surface area contributed by atoms with Gasteiger partial charge in [-0.25, -0.2) is 0 Å². The predicted molar refractivity (Wildman–Crippen MR) is 82.5 cm³/mol. The Kier molecular flexibility index (Phi) is 6.34. The summed E-state index contributed by atoms with van der Waals surface area (Å²) >= 11 is 0. The molecular weight excluding hydrogens is 250 g/mol. The van der Waals surface area contributed by atoms with Crippen LogP contribution >= 0.6 is 0 Å². The minimum Gasteiger partial charge on any atom is -0.497 e. The van der Waals surface area contributed by atoms with Crippen LogP contribution in [0.5, 0.6) is 5.75 Å². The molecule has 1 aromatic rings. The highest BCUT2D eigenvalue weighted by molar-refractivity contribution is 5.37. The van der Waals surface area contributed by atoms with Crippen LogP contribution < -0.4 is 10.1 Å². The summed E-state index contributed by atoms with van der Waals surface area (Å²) in [6, 6.07) is 7.03. The first-order valence-electron chi connectivity index (χ1n) is 7.80. The third-order valence-corrected chi connectivity index (χ3v) is 3.96. The molecule has 1 atom stereocenters. The molecule has 0 aliphatic heterocycles. The van der Waals surface area contributed by atoms with Gasteiger partial charge in [0.25, 0.3) is 0 Å². The first-order valence-corrected chi connectivity index (χ1v) is 7.80. The third kappa shape index (κ3) is 4.50. The van der Waals surface area contributed by atoms with Crippen molar-refractivity contribution >= 4 is 0 Å². The molecule has 0 amide bonds. The maximum absolute atomic E-state index is 5.59. The number of fused-ring (bicyclic) bond motifs is 1. The first kappa shape index (κ1) is 15.3. The van der Waals surface area contributed by atoms with Gasteiger partial charge >= 0.3 is 0 Å². The van der Waals surface area contributed by atoms with Gasteiger partial charge in [0.1, 0.15) is 5.75 Å². The first-order chi connectivity index (χ1) is 9.83. The van der Waals surface area contributed by atoms with Gasteiger partial charge in [-0.05, 0) is 48.9 Å². The predicted octanol–water partition coefficient (Wildman–Crippen LogP) is 2.96. The summed E-state index contributed by atoms with van der Waals surface area (Å²) in [4.78, 5) is 0. The van der Waals surface area contributed by atoms with E-state index in [1.165, 1.54) is 24.0 Å². The molecule has 0 fully saturated rings. The Morgan fingerprint density at radius 1 is 1.25 bits per heavy atom. The second kappa shape index (κ2) is 8.28. The molecule has 0 radical (unpaired) electrons. The highest BCUT2D eigenvalue weighted by atomic mass is 16.5. The number of hydrogen-bond acceptors (Lipinski definition) is 3. The largest absolute Gasteiger partial charge is 0.497 e. The van der Waals surface area contributed by atoms with E-state index >= 15 is 0 Å². The van der Waals surface area contributed by atoms with Crippen molar-refractivity contribution in [3.05, 3.63) is 29.3 Å². The second-order valence-corrected chi connectivity index (χ2v) is 5.49. The zero-order valence-corrected chi connectivity index (χ0v) is 12.8. The lowest BCUT2D eigenvalue weighted by Gasteiger charge is -2.26. The molecule has 0 heterocycles. The van der Waals surface area contributed by atoms with Crippen LogP contribution in [-0.2, 0) is 17.6 Å². The van der Waals surface area contributed by atoms with E-state index in [0.717, 1.165) is 44.8 Å². The van der Waals surface area contributed by atoms with Crippen LogP contribution in [-0.4, -0.2) is 32.9 Å². The van der Waals surface area contributed by atoms with E-state index in [2.05, 4.69) is 30.4 Å². The van der Waals surface area contributed by atoms with Crippen molar-refractivity contribution in [2.75, 3.05) is 26.9 Å². The van der Waals surface area contributed by atoms with E-state index in [1.54, 1.807) is 7.11 Å². The summed E-state index contributed by atoms with van der Waals surface area (Å²) < 4.78 is 10.9. The number of benzene rings is 1. The number of rotatable bonds is 8. The number of ether oxygens (including phenoxy) is 2. The molecule has 0 spiro atoms. The second-order valence-electron chi connectivity index (χ2n) is 5.49. The molecule has 112 valence electrons. The Balaban J connectivity index is 1.73. The quantitative estimate of drug-likeness (QED) is 0.741. The van der Waals surface area contributed by atoms with Crippen LogP contribution in [0.1, 0.15) is 37.3 Å². The minimum atomic E-state index is 0.574. The molecule has 3 nitrogen and oxygen atoms in total. The molecule has 1 aliphatic carbocycles. The summed E-state index contributed by atoms with van der Waals surface area (Å²) in [5.41, 5.74) is 2.91. The number of nitrogens with one attached hydrogen (secondary N) is 1. The van der Waals surface area contributed by atoms with Gasteiger partial charge in [0.15, 0.2) is 0 Å². The van der Waals surface area contributed by atoms with Crippen molar-refractivity contribution in [2.24, 2.45) is 0 Å². The lowest BCUT2D eigenvalue weighted by molar-refractivity contribution is 0.130. The van der Waals surface area contributed by atoms with Crippen molar-refractivity contribution in [3.63, 3.8) is 0 Å². The van der Waals surface area contributed by atoms with E-state index in [0.29, 0.717) is 6.04 Å². The fourth-order valence-electron chi connectivity index (χ4n) is 2.72. The van der Waals surface area contributed by atoms with Crippen LogP contribution in [0, 0.1) is 0 Å². The molecular formula is C17H27NO2. The molecule has 3 heteroatoms. The highest BCUT2D eigenvalue weighted by Crippen LogP contribution is 2.25. The number of unbranched alkanes of at least 4 members (excludes halogenated alkanes) is 1. The Morgan fingerprint density at radius 2 is 2.15 bits per heavy atom. The Hall–Kier alpha value is -1.06. The van der Waals surface area contributed by atoms with E-state index in [4.69, 9.17) is 9.47 Å². The molecule has 0 saturated carbocycles. The van der Waals surface area contributed by atoms with Gasteiger partial charge in [-0.1, -0.05) is 19.4 Å². The van der Waals surface area contributed by atoms with Gasteiger partial charge in [0.05, 0.1) is 13.7 Å². The monoisotopic (exact) mass is 277 g/mol. The van der Waals surface area contributed by atoms with Gasteiger partial charge in [-0.3, -0.25) is 0 Å². The zero-order chi connectivity index (χ0) is 14.2. The van der Waals surface area contributed by atoms with Crippen LogP contribution in [0.3, 0.4) is 0 Å². The van der Waals surface area contributed by atoms with Crippen molar-refractivity contribution in [1.82, 2.24) is 5.32 Å². The molecule has 1 aromatic carbocycles. The van der Waals surface area contributed by atoms with Crippen molar-refractivity contribution < 1.29 is 9.47 Å². The fraction of sp³-hybridized carbons (Fsp3) is 0.647. The van der Waals surface area contributed by atoms with E-state index in [9.17, 15) is 0 Å². The fourth-order valence-corrected chi connectivity index (χ4v) is 2.72.